The van der Waals surface area contributed by atoms with Crippen molar-refractivity contribution < 1.29 is 9.90 Å². The molecule has 1 rings (SSSR count). The first-order chi connectivity index (χ1) is 7.50. The number of likely N-dealkylation sites (N-methyl/N-ethyl adjacent to an activating group) is 1. The van der Waals surface area contributed by atoms with Crippen LogP contribution in [0.2, 0.25) is 0 Å². The van der Waals surface area contributed by atoms with Gasteiger partial charge in [0.2, 0.25) is 0 Å². The van der Waals surface area contributed by atoms with E-state index in [2.05, 4.69) is 15.9 Å². The summed E-state index contributed by atoms with van der Waals surface area (Å²) in [5.74, 6) is -0.868. The fourth-order valence-electron chi connectivity index (χ4n) is 1.50. The number of halogens is 1. The molecule has 0 heterocycles. The van der Waals surface area contributed by atoms with Crippen LogP contribution >= 0.6 is 15.9 Å². The Bertz CT molecular complexity index is 371. The molecule has 0 bridgehead atoms. The zero-order valence-corrected chi connectivity index (χ0v) is 10.6. The summed E-state index contributed by atoms with van der Waals surface area (Å²) in [6.45, 7) is 0.509. The van der Waals surface area contributed by atoms with E-state index in [4.69, 9.17) is 10.8 Å². The lowest BCUT2D eigenvalue weighted by Gasteiger charge is -2.23. The smallest absolute Gasteiger partial charge is 0.304 e. The monoisotopic (exact) mass is 286 g/mol. The van der Waals surface area contributed by atoms with Crippen LogP contribution in [0.3, 0.4) is 0 Å². The summed E-state index contributed by atoms with van der Waals surface area (Å²) in [6, 6.07) is 7.39. The number of aliphatic carboxylic acids is 1. The minimum Gasteiger partial charge on any atom is -0.481 e. The summed E-state index contributed by atoms with van der Waals surface area (Å²) in [4.78, 5) is 12.4. The van der Waals surface area contributed by atoms with Crippen LogP contribution < -0.4 is 10.6 Å². The number of carboxylic acid groups (broad SMARTS) is 1. The number of rotatable bonds is 5. The summed E-state index contributed by atoms with van der Waals surface area (Å²) in [7, 11) is 1.89. The molecule has 88 valence electrons. The van der Waals surface area contributed by atoms with Crippen LogP contribution in [0.25, 0.3) is 0 Å². The van der Waals surface area contributed by atoms with Crippen LogP contribution in [0.5, 0.6) is 0 Å². The summed E-state index contributed by atoms with van der Waals surface area (Å²) in [5.41, 5.74) is 6.73. The second-order valence-corrected chi connectivity index (χ2v) is 4.54. The minimum absolute atomic E-state index is 0.0191. The number of anilines is 1. The van der Waals surface area contributed by atoms with Crippen molar-refractivity contribution in [1.82, 2.24) is 0 Å². The van der Waals surface area contributed by atoms with Gasteiger partial charge < -0.3 is 15.7 Å². The van der Waals surface area contributed by atoms with Gasteiger partial charge in [-0.25, -0.2) is 0 Å². The van der Waals surface area contributed by atoms with Crippen LogP contribution in [-0.2, 0) is 4.79 Å². The fourth-order valence-corrected chi connectivity index (χ4v) is 2.09. The van der Waals surface area contributed by atoms with Gasteiger partial charge in [0.1, 0.15) is 0 Å². The molecule has 0 saturated carbocycles. The highest BCUT2D eigenvalue weighted by Gasteiger charge is 2.12. The maximum absolute atomic E-state index is 10.5. The molecule has 0 saturated heterocycles. The molecule has 1 aromatic rings. The predicted molar refractivity (Wildman–Crippen MR) is 67.6 cm³/mol. The zero-order chi connectivity index (χ0) is 12.1. The molecule has 0 aromatic heterocycles. The lowest BCUT2D eigenvalue weighted by Crippen LogP contribution is -2.37. The van der Waals surface area contributed by atoms with E-state index in [9.17, 15) is 4.79 Å². The van der Waals surface area contributed by atoms with Crippen molar-refractivity contribution in [2.24, 2.45) is 5.73 Å². The average Bonchev–Trinajstić information content (AvgIpc) is 2.16. The van der Waals surface area contributed by atoms with Crippen molar-refractivity contribution >= 4 is 27.6 Å². The molecule has 4 nitrogen and oxygen atoms in total. The van der Waals surface area contributed by atoms with Crippen LogP contribution in [-0.4, -0.2) is 30.7 Å². The van der Waals surface area contributed by atoms with Crippen molar-refractivity contribution in [2.75, 3.05) is 18.5 Å². The van der Waals surface area contributed by atoms with E-state index in [-0.39, 0.29) is 12.5 Å². The van der Waals surface area contributed by atoms with Gasteiger partial charge in [0.05, 0.1) is 12.1 Å². The SMILES string of the molecule is CN(CC(N)CC(=O)O)c1ccccc1Br. The third-order valence-electron chi connectivity index (χ3n) is 2.21. The van der Waals surface area contributed by atoms with Crippen molar-refractivity contribution in [3.8, 4) is 0 Å². The van der Waals surface area contributed by atoms with Gasteiger partial charge in [0.25, 0.3) is 0 Å². The number of carbonyl (C=O) groups is 1. The topological polar surface area (TPSA) is 66.6 Å². The number of hydrogen-bond donors (Lipinski definition) is 2. The molecule has 0 amide bonds. The Morgan fingerprint density at radius 1 is 1.56 bits per heavy atom. The maximum atomic E-state index is 10.5. The van der Waals surface area contributed by atoms with Gasteiger partial charge in [-0.2, -0.15) is 0 Å². The largest absolute Gasteiger partial charge is 0.481 e. The first-order valence-corrected chi connectivity index (χ1v) is 5.73. The van der Waals surface area contributed by atoms with Crippen LogP contribution in [0.1, 0.15) is 6.42 Å². The van der Waals surface area contributed by atoms with Crippen LogP contribution in [0, 0.1) is 0 Å². The quantitative estimate of drug-likeness (QED) is 0.864. The first kappa shape index (κ1) is 13.0. The van der Waals surface area contributed by atoms with E-state index < -0.39 is 5.97 Å². The van der Waals surface area contributed by atoms with Gasteiger partial charge in [-0.1, -0.05) is 12.1 Å². The van der Waals surface area contributed by atoms with E-state index in [1.165, 1.54) is 0 Å². The van der Waals surface area contributed by atoms with Gasteiger partial charge in [0, 0.05) is 24.1 Å². The number of benzene rings is 1. The molecule has 1 aromatic carbocycles. The summed E-state index contributed by atoms with van der Waals surface area (Å²) in [5, 5.41) is 8.61. The predicted octanol–water partition coefficient (Wildman–Crippen LogP) is 1.69. The second-order valence-electron chi connectivity index (χ2n) is 3.69. The van der Waals surface area contributed by atoms with E-state index in [0.29, 0.717) is 6.54 Å². The number of hydrogen-bond acceptors (Lipinski definition) is 3. The molecule has 1 unspecified atom stereocenters. The Kier molecular flexibility index (Phi) is 4.76. The Balaban J connectivity index is 2.62. The number of nitrogens with two attached hydrogens (primary N) is 1. The highest BCUT2D eigenvalue weighted by molar-refractivity contribution is 9.10. The second kappa shape index (κ2) is 5.86. The van der Waals surface area contributed by atoms with Crippen LogP contribution in [0.15, 0.2) is 28.7 Å². The van der Waals surface area contributed by atoms with Gasteiger partial charge in [-0.05, 0) is 28.1 Å². The molecular formula is C11H15BrN2O2. The van der Waals surface area contributed by atoms with Gasteiger partial charge >= 0.3 is 5.97 Å². The molecular weight excluding hydrogens is 272 g/mol. The van der Waals surface area contributed by atoms with Gasteiger partial charge in [0.15, 0.2) is 0 Å². The van der Waals surface area contributed by atoms with Gasteiger partial charge in [-0.15, -0.1) is 0 Å². The van der Waals surface area contributed by atoms with Crippen molar-refractivity contribution in [1.29, 1.82) is 0 Å². The van der Waals surface area contributed by atoms with Gasteiger partial charge in [-0.3, -0.25) is 4.79 Å². The fraction of sp³-hybridized carbons (Fsp3) is 0.364. The maximum Gasteiger partial charge on any atom is 0.304 e. The standard InChI is InChI=1S/C11H15BrN2O2/c1-14(7-8(13)6-11(15)16)10-5-3-2-4-9(10)12/h2-5,8H,6-7,13H2,1H3,(H,15,16). The normalized spacial score (nSPS) is 12.2. The van der Waals surface area contributed by atoms with E-state index in [1.54, 1.807) is 0 Å². The molecule has 16 heavy (non-hydrogen) atoms. The third-order valence-corrected chi connectivity index (χ3v) is 2.88. The van der Waals surface area contributed by atoms with Crippen molar-refractivity contribution in [3.05, 3.63) is 28.7 Å². The molecule has 0 spiro atoms. The summed E-state index contributed by atoms with van der Waals surface area (Å²) in [6.07, 6.45) is -0.0191. The Morgan fingerprint density at radius 3 is 2.75 bits per heavy atom. The molecule has 5 heteroatoms. The first-order valence-electron chi connectivity index (χ1n) is 4.93. The molecule has 0 aliphatic rings. The average molecular weight is 287 g/mol. The van der Waals surface area contributed by atoms with Crippen molar-refractivity contribution in [3.63, 3.8) is 0 Å². The van der Waals surface area contributed by atoms with E-state index in [0.717, 1.165) is 10.2 Å². The highest BCUT2D eigenvalue weighted by Crippen LogP contribution is 2.24. The lowest BCUT2D eigenvalue weighted by atomic mass is 10.2. The van der Waals surface area contributed by atoms with Crippen LogP contribution in [0.4, 0.5) is 5.69 Å². The number of nitrogens with zero attached hydrogens (tertiary/aromatic N) is 1. The lowest BCUT2D eigenvalue weighted by molar-refractivity contribution is -0.137. The highest BCUT2D eigenvalue weighted by atomic mass is 79.9. The Labute approximate surface area is 103 Å². The van der Waals surface area contributed by atoms with Crippen molar-refractivity contribution in [2.45, 2.75) is 12.5 Å². The Hall–Kier alpha value is -1.07. The molecule has 3 N–H and O–H groups in total. The zero-order valence-electron chi connectivity index (χ0n) is 9.06. The summed E-state index contributed by atoms with van der Waals surface area (Å²) >= 11 is 3.44. The molecule has 0 aliphatic carbocycles. The Morgan fingerprint density at radius 2 is 2.19 bits per heavy atom. The molecule has 1 atom stereocenters. The minimum atomic E-state index is -0.868. The number of carboxylic acids is 1. The summed E-state index contributed by atoms with van der Waals surface area (Å²) < 4.78 is 0.972. The molecule has 0 aliphatic heterocycles. The number of para-hydroxylation sites is 1. The van der Waals surface area contributed by atoms with E-state index in [1.807, 2.05) is 36.2 Å². The third kappa shape index (κ3) is 3.83. The molecule has 0 fully saturated rings. The van der Waals surface area contributed by atoms with E-state index >= 15 is 0 Å². The molecule has 0 radical (unpaired) electrons.